The number of hydrogen-bond donors (Lipinski definition) is 1. The van der Waals surface area contributed by atoms with Gasteiger partial charge in [-0.05, 0) is 38.8 Å². The van der Waals surface area contributed by atoms with Crippen LogP contribution in [0.2, 0.25) is 0 Å². The van der Waals surface area contributed by atoms with E-state index in [9.17, 15) is 4.79 Å². The number of rotatable bonds is 5. The van der Waals surface area contributed by atoms with Gasteiger partial charge >= 0.3 is 0 Å². The fraction of sp³-hybridized carbons (Fsp3) is 0.923. The highest BCUT2D eigenvalue weighted by atomic mass is 16.1. The van der Waals surface area contributed by atoms with Crippen molar-refractivity contribution in [3.63, 3.8) is 0 Å². The van der Waals surface area contributed by atoms with E-state index in [0.717, 1.165) is 19.4 Å². The molecule has 1 aliphatic heterocycles. The van der Waals surface area contributed by atoms with Gasteiger partial charge in [-0.25, -0.2) is 0 Å². The zero-order valence-electron chi connectivity index (χ0n) is 10.8. The lowest BCUT2D eigenvalue weighted by Crippen LogP contribution is -2.42. The van der Waals surface area contributed by atoms with Gasteiger partial charge < -0.3 is 10.2 Å². The average Bonchev–Trinajstić information content (AvgIpc) is 2.44. The Morgan fingerprint density at radius 2 is 2.12 bits per heavy atom. The summed E-state index contributed by atoms with van der Waals surface area (Å²) in [5.41, 5.74) is 0. The van der Waals surface area contributed by atoms with E-state index in [2.05, 4.69) is 24.1 Å². The van der Waals surface area contributed by atoms with Crippen LogP contribution in [0.25, 0.3) is 0 Å². The van der Waals surface area contributed by atoms with Gasteiger partial charge in [0.05, 0.1) is 0 Å². The molecule has 1 unspecified atom stereocenters. The Hall–Kier alpha value is -0.570. The number of hydrogen-bond acceptors (Lipinski definition) is 2. The van der Waals surface area contributed by atoms with E-state index in [1.54, 1.807) is 0 Å². The smallest absolute Gasteiger partial charge is 0.220 e. The maximum absolute atomic E-state index is 11.6. The fourth-order valence-electron chi connectivity index (χ4n) is 2.38. The molecule has 3 nitrogen and oxygen atoms in total. The number of nitrogens with zero attached hydrogens (tertiary/aromatic N) is 1. The van der Waals surface area contributed by atoms with E-state index >= 15 is 0 Å². The van der Waals surface area contributed by atoms with Crippen LogP contribution in [0, 0.1) is 0 Å². The number of nitrogens with one attached hydrogen (secondary N) is 1. The molecule has 1 atom stereocenters. The zero-order valence-corrected chi connectivity index (χ0v) is 10.8. The molecule has 3 heteroatoms. The first-order chi connectivity index (χ1) is 7.76. The molecule has 0 aromatic carbocycles. The Bertz CT molecular complexity index is 206. The van der Waals surface area contributed by atoms with Crippen LogP contribution in [-0.4, -0.2) is 36.5 Å². The highest BCUT2D eigenvalue weighted by molar-refractivity contribution is 5.76. The largest absolute Gasteiger partial charge is 0.352 e. The highest BCUT2D eigenvalue weighted by Crippen LogP contribution is 2.11. The van der Waals surface area contributed by atoms with Gasteiger partial charge in [0.15, 0.2) is 0 Å². The van der Waals surface area contributed by atoms with Gasteiger partial charge in [-0.2, -0.15) is 0 Å². The number of carbonyl (C=O) groups is 1. The quantitative estimate of drug-likeness (QED) is 0.779. The predicted octanol–water partition coefficient (Wildman–Crippen LogP) is 2.17. The maximum Gasteiger partial charge on any atom is 0.220 e. The van der Waals surface area contributed by atoms with Crippen LogP contribution in [-0.2, 0) is 4.79 Å². The Balaban J connectivity index is 2.36. The molecule has 1 rings (SSSR count). The molecule has 1 amide bonds. The van der Waals surface area contributed by atoms with Crippen LogP contribution in [0.3, 0.4) is 0 Å². The fourth-order valence-corrected chi connectivity index (χ4v) is 2.38. The molecule has 0 spiro atoms. The van der Waals surface area contributed by atoms with Crippen molar-refractivity contribution in [1.29, 1.82) is 0 Å². The molecule has 1 heterocycles. The molecule has 1 aliphatic rings. The SMILES string of the molecule is CCCC(=O)NC1CCCCN(CCC)C1. The summed E-state index contributed by atoms with van der Waals surface area (Å²) >= 11 is 0. The molecule has 0 radical (unpaired) electrons. The molecule has 0 aliphatic carbocycles. The van der Waals surface area contributed by atoms with Crippen molar-refractivity contribution < 1.29 is 4.79 Å². The van der Waals surface area contributed by atoms with Gasteiger partial charge in [0, 0.05) is 19.0 Å². The topological polar surface area (TPSA) is 32.3 Å². The minimum atomic E-state index is 0.228. The van der Waals surface area contributed by atoms with Crippen molar-refractivity contribution >= 4 is 5.91 Å². The lowest BCUT2D eigenvalue weighted by molar-refractivity contribution is -0.121. The Morgan fingerprint density at radius 1 is 1.31 bits per heavy atom. The molecule has 0 bridgehead atoms. The first-order valence-corrected chi connectivity index (χ1v) is 6.78. The number of amides is 1. The monoisotopic (exact) mass is 226 g/mol. The standard InChI is InChI=1S/C13H26N2O/c1-3-7-13(16)14-12-8-5-6-10-15(11-12)9-4-2/h12H,3-11H2,1-2H3,(H,14,16). The van der Waals surface area contributed by atoms with E-state index in [-0.39, 0.29) is 5.91 Å². The second kappa shape index (κ2) is 7.66. The van der Waals surface area contributed by atoms with Crippen molar-refractivity contribution in [3.8, 4) is 0 Å². The lowest BCUT2D eigenvalue weighted by atomic mass is 10.1. The highest BCUT2D eigenvalue weighted by Gasteiger charge is 2.18. The van der Waals surface area contributed by atoms with Crippen molar-refractivity contribution in [2.24, 2.45) is 0 Å². The number of carbonyl (C=O) groups excluding carboxylic acids is 1. The van der Waals surface area contributed by atoms with Crippen LogP contribution in [0.15, 0.2) is 0 Å². The average molecular weight is 226 g/mol. The van der Waals surface area contributed by atoms with E-state index in [1.807, 2.05) is 0 Å². The molecule has 1 fully saturated rings. The molecule has 0 saturated carbocycles. The summed E-state index contributed by atoms with van der Waals surface area (Å²) in [7, 11) is 0. The van der Waals surface area contributed by atoms with Crippen LogP contribution in [0.1, 0.15) is 52.4 Å². The second-order valence-corrected chi connectivity index (χ2v) is 4.81. The predicted molar refractivity (Wildman–Crippen MR) is 67.4 cm³/mol. The van der Waals surface area contributed by atoms with Crippen LogP contribution < -0.4 is 5.32 Å². The zero-order chi connectivity index (χ0) is 11.8. The van der Waals surface area contributed by atoms with Crippen molar-refractivity contribution in [2.45, 2.75) is 58.4 Å². The Morgan fingerprint density at radius 3 is 2.81 bits per heavy atom. The summed E-state index contributed by atoms with van der Waals surface area (Å²) in [4.78, 5) is 14.0. The Labute approximate surface area is 99.6 Å². The Kier molecular flexibility index (Phi) is 6.46. The van der Waals surface area contributed by atoms with E-state index in [0.29, 0.717) is 12.5 Å². The first-order valence-electron chi connectivity index (χ1n) is 6.78. The summed E-state index contributed by atoms with van der Waals surface area (Å²) in [5.74, 6) is 0.228. The molecule has 16 heavy (non-hydrogen) atoms. The van der Waals surface area contributed by atoms with Crippen molar-refractivity contribution in [2.75, 3.05) is 19.6 Å². The third-order valence-electron chi connectivity index (χ3n) is 3.14. The van der Waals surface area contributed by atoms with E-state index < -0.39 is 0 Å². The molecule has 1 saturated heterocycles. The van der Waals surface area contributed by atoms with E-state index in [1.165, 1.54) is 32.4 Å². The summed E-state index contributed by atoms with van der Waals surface area (Å²) in [5, 5.41) is 3.17. The number of likely N-dealkylation sites (tertiary alicyclic amines) is 1. The summed E-state index contributed by atoms with van der Waals surface area (Å²) in [6.07, 6.45) is 6.49. The summed E-state index contributed by atoms with van der Waals surface area (Å²) < 4.78 is 0. The van der Waals surface area contributed by atoms with E-state index in [4.69, 9.17) is 0 Å². The molecule has 94 valence electrons. The van der Waals surface area contributed by atoms with Gasteiger partial charge in [0.25, 0.3) is 0 Å². The maximum atomic E-state index is 11.6. The normalized spacial score (nSPS) is 22.8. The molecular formula is C13H26N2O. The van der Waals surface area contributed by atoms with Crippen molar-refractivity contribution in [1.82, 2.24) is 10.2 Å². The van der Waals surface area contributed by atoms with Crippen LogP contribution in [0.4, 0.5) is 0 Å². The second-order valence-electron chi connectivity index (χ2n) is 4.81. The third-order valence-corrected chi connectivity index (χ3v) is 3.14. The van der Waals surface area contributed by atoms with Gasteiger partial charge in [-0.15, -0.1) is 0 Å². The molecular weight excluding hydrogens is 200 g/mol. The first kappa shape index (κ1) is 13.5. The minimum Gasteiger partial charge on any atom is -0.352 e. The van der Waals surface area contributed by atoms with Crippen LogP contribution in [0.5, 0.6) is 0 Å². The van der Waals surface area contributed by atoms with Crippen molar-refractivity contribution in [3.05, 3.63) is 0 Å². The van der Waals surface area contributed by atoms with Gasteiger partial charge in [-0.1, -0.05) is 20.3 Å². The van der Waals surface area contributed by atoms with Gasteiger partial charge in [0.1, 0.15) is 0 Å². The molecule has 1 N–H and O–H groups in total. The summed E-state index contributed by atoms with van der Waals surface area (Å²) in [6, 6.07) is 0.383. The lowest BCUT2D eigenvalue weighted by Gasteiger charge is -2.24. The minimum absolute atomic E-state index is 0.228. The third kappa shape index (κ3) is 4.97. The van der Waals surface area contributed by atoms with Gasteiger partial charge in [0.2, 0.25) is 5.91 Å². The summed E-state index contributed by atoms with van der Waals surface area (Å²) in [6.45, 7) is 7.68. The molecule has 0 aromatic rings. The molecule has 0 aromatic heterocycles. The van der Waals surface area contributed by atoms with Gasteiger partial charge in [-0.3, -0.25) is 4.79 Å². The van der Waals surface area contributed by atoms with Crippen LogP contribution >= 0.6 is 0 Å².